The Kier molecular flexibility index (Phi) is 4.16. The molecule has 1 aromatic heterocycles. The van der Waals surface area contributed by atoms with Gasteiger partial charge < -0.3 is 15.4 Å². The van der Waals surface area contributed by atoms with Crippen molar-refractivity contribution >= 4 is 17.5 Å². The van der Waals surface area contributed by atoms with Crippen LogP contribution in [0.15, 0.2) is 12.4 Å². The van der Waals surface area contributed by atoms with Gasteiger partial charge in [0.05, 0.1) is 31.1 Å². The molecule has 2 aliphatic rings. The Balaban J connectivity index is 1.51. The topological polar surface area (TPSA) is 97.3 Å². The highest BCUT2D eigenvalue weighted by Crippen LogP contribution is 2.15. The summed E-state index contributed by atoms with van der Waals surface area (Å²) in [6, 6.07) is -0.413. The van der Waals surface area contributed by atoms with E-state index in [1.165, 1.54) is 0 Å². The minimum Gasteiger partial charge on any atom is -0.376 e. The Labute approximate surface area is 122 Å². The molecule has 0 aromatic carbocycles. The lowest BCUT2D eigenvalue weighted by Crippen LogP contribution is -2.56. The molecule has 2 aliphatic heterocycles. The van der Waals surface area contributed by atoms with E-state index in [4.69, 9.17) is 4.74 Å². The Morgan fingerprint density at radius 2 is 2.48 bits per heavy atom. The lowest BCUT2D eigenvalue weighted by molar-refractivity contribution is -0.124. The molecule has 0 spiro atoms. The van der Waals surface area contributed by atoms with E-state index in [0.29, 0.717) is 18.8 Å². The van der Waals surface area contributed by atoms with Crippen LogP contribution in [0.4, 0.5) is 5.69 Å². The average Bonchev–Trinajstić information content (AvgIpc) is 3.12. The van der Waals surface area contributed by atoms with Gasteiger partial charge in [0.15, 0.2) is 0 Å². The molecule has 3 N–H and O–H groups in total. The summed E-state index contributed by atoms with van der Waals surface area (Å²) in [4.78, 5) is 23.1. The highest BCUT2D eigenvalue weighted by Gasteiger charge is 2.24. The van der Waals surface area contributed by atoms with Gasteiger partial charge in [-0.05, 0) is 12.8 Å². The second kappa shape index (κ2) is 6.23. The number of carbonyl (C=O) groups is 2. The van der Waals surface area contributed by atoms with Crippen LogP contribution in [0, 0.1) is 0 Å². The van der Waals surface area contributed by atoms with Crippen molar-refractivity contribution in [3.05, 3.63) is 12.4 Å². The van der Waals surface area contributed by atoms with Crippen LogP contribution in [-0.2, 0) is 20.9 Å². The van der Waals surface area contributed by atoms with E-state index in [1.54, 1.807) is 17.1 Å². The number of aromatic nitrogens is 2. The van der Waals surface area contributed by atoms with Crippen molar-refractivity contribution in [1.29, 1.82) is 0 Å². The third kappa shape index (κ3) is 3.59. The fourth-order valence-corrected chi connectivity index (χ4v) is 2.51. The van der Waals surface area contributed by atoms with Crippen LogP contribution in [0.1, 0.15) is 12.8 Å². The van der Waals surface area contributed by atoms with Crippen molar-refractivity contribution in [2.45, 2.75) is 31.5 Å². The third-order valence-electron chi connectivity index (χ3n) is 3.64. The number of nitrogens with one attached hydrogen (secondary N) is 3. The summed E-state index contributed by atoms with van der Waals surface area (Å²) < 4.78 is 7.33. The molecule has 2 fully saturated rings. The summed E-state index contributed by atoms with van der Waals surface area (Å²) in [5, 5.41) is 12.6. The Hall–Kier alpha value is -1.93. The van der Waals surface area contributed by atoms with Crippen molar-refractivity contribution in [3.63, 3.8) is 0 Å². The molecule has 2 amide bonds. The zero-order chi connectivity index (χ0) is 14.7. The number of amides is 2. The summed E-state index contributed by atoms with van der Waals surface area (Å²) in [6.45, 7) is 1.98. The maximum atomic E-state index is 12.0. The predicted octanol–water partition coefficient (Wildman–Crippen LogP) is -0.911. The summed E-state index contributed by atoms with van der Waals surface area (Å²) in [6.07, 6.45) is 5.76. The van der Waals surface area contributed by atoms with Crippen molar-refractivity contribution in [2.24, 2.45) is 0 Å². The lowest BCUT2D eigenvalue weighted by atomic mass is 10.2. The second-order valence-corrected chi connectivity index (χ2v) is 5.31. The highest BCUT2D eigenvalue weighted by atomic mass is 16.5. The molecule has 1 aromatic rings. The van der Waals surface area contributed by atoms with Gasteiger partial charge in [0.2, 0.25) is 11.8 Å². The monoisotopic (exact) mass is 293 g/mol. The number of ether oxygens (including phenoxy) is 1. The maximum Gasteiger partial charge on any atom is 0.243 e. The highest BCUT2D eigenvalue weighted by molar-refractivity contribution is 5.96. The normalized spacial score (nSPS) is 25.6. The van der Waals surface area contributed by atoms with E-state index >= 15 is 0 Å². The molecule has 3 rings (SSSR count). The smallest absolute Gasteiger partial charge is 0.243 e. The largest absolute Gasteiger partial charge is 0.376 e. The molecule has 0 radical (unpaired) electrons. The van der Waals surface area contributed by atoms with Gasteiger partial charge in [-0.2, -0.15) is 5.10 Å². The van der Waals surface area contributed by atoms with Crippen LogP contribution in [0.2, 0.25) is 0 Å². The Morgan fingerprint density at radius 1 is 1.57 bits per heavy atom. The standard InChI is InChI=1S/C13H19N5O3/c19-12-6-14-11(5-15-12)13(20)17-9-4-16-18(7-9)8-10-2-1-3-21-10/h4,7,10-11,14H,1-3,5-6,8H2,(H,15,19)(H,17,20). The molecular formula is C13H19N5O3. The number of piperazine rings is 1. The van der Waals surface area contributed by atoms with E-state index in [1.807, 2.05) is 0 Å². The summed E-state index contributed by atoms with van der Waals surface area (Å²) in [5.74, 6) is -0.268. The van der Waals surface area contributed by atoms with Gasteiger partial charge in [0.25, 0.3) is 0 Å². The van der Waals surface area contributed by atoms with Crippen LogP contribution in [-0.4, -0.2) is 53.4 Å². The summed E-state index contributed by atoms with van der Waals surface area (Å²) >= 11 is 0. The second-order valence-electron chi connectivity index (χ2n) is 5.31. The van der Waals surface area contributed by atoms with Gasteiger partial charge in [0.1, 0.15) is 6.04 Å². The zero-order valence-electron chi connectivity index (χ0n) is 11.7. The van der Waals surface area contributed by atoms with E-state index in [2.05, 4.69) is 21.0 Å². The molecule has 2 atom stereocenters. The van der Waals surface area contributed by atoms with Crippen LogP contribution in [0.3, 0.4) is 0 Å². The summed E-state index contributed by atoms with van der Waals surface area (Å²) in [5.41, 5.74) is 0.650. The first-order valence-electron chi connectivity index (χ1n) is 7.16. The minimum absolute atomic E-state index is 0.0940. The number of carbonyl (C=O) groups excluding carboxylic acids is 2. The third-order valence-corrected chi connectivity index (χ3v) is 3.64. The fraction of sp³-hybridized carbons (Fsp3) is 0.615. The molecule has 2 saturated heterocycles. The van der Waals surface area contributed by atoms with Gasteiger partial charge >= 0.3 is 0 Å². The van der Waals surface area contributed by atoms with Gasteiger partial charge in [-0.25, -0.2) is 0 Å². The van der Waals surface area contributed by atoms with Crippen LogP contribution in [0.5, 0.6) is 0 Å². The molecule has 0 aliphatic carbocycles. The number of anilines is 1. The Bertz CT molecular complexity index is 514. The van der Waals surface area contributed by atoms with Crippen LogP contribution in [0.25, 0.3) is 0 Å². The minimum atomic E-state index is -0.413. The van der Waals surface area contributed by atoms with Gasteiger partial charge in [-0.15, -0.1) is 0 Å². The number of nitrogens with zero attached hydrogens (tertiary/aromatic N) is 2. The van der Waals surface area contributed by atoms with Crippen molar-refractivity contribution < 1.29 is 14.3 Å². The van der Waals surface area contributed by atoms with E-state index in [9.17, 15) is 9.59 Å². The molecule has 8 heteroatoms. The average molecular weight is 293 g/mol. The van der Waals surface area contributed by atoms with Gasteiger partial charge in [-0.1, -0.05) is 0 Å². The number of rotatable bonds is 4. The number of hydrogen-bond donors (Lipinski definition) is 3. The van der Waals surface area contributed by atoms with Crippen LogP contribution < -0.4 is 16.0 Å². The molecule has 114 valence electrons. The van der Waals surface area contributed by atoms with E-state index in [-0.39, 0.29) is 24.5 Å². The predicted molar refractivity (Wildman–Crippen MR) is 74.6 cm³/mol. The molecule has 2 unspecified atom stereocenters. The van der Waals surface area contributed by atoms with Crippen LogP contribution >= 0.6 is 0 Å². The molecule has 3 heterocycles. The van der Waals surface area contributed by atoms with Crippen molar-refractivity contribution in [3.8, 4) is 0 Å². The molecule has 21 heavy (non-hydrogen) atoms. The first-order chi connectivity index (χ1) is 10.2. The van der Waals surface area contributed by atoms with E-state index < -0.39 is 6.04 Å². The molecule has 0 saturated carbocycles. The van der Waals surface area contributed by atoms with Crippen molar-refractivity contribution in [2.75, 3.05) is 25.0 Å². The SMILES string of the molecule is O=C1CNC(C(=O)Nc2cnn(CC3CCCO3)c2)CN1. The Morgan fingerprint density at radius 3 is 3.19 bits per heavy atom. The summed E-state index contributed by atoms with van der Waals surface area (Å²) in [7, 11) is 0. The first-order valence-corrected chi connectivity index (χ1v) is 7.16. The zero-order valence-corrected chi connectivity index (χ0v) is 11.7. The molecule has 0 bridgehead atoms. The quantitative estimate of drug-likeness (QED) is 0.667. The maximum absolute atomic E-state index is 12.0. The fourth-order valence-electron chi connectivity index (χ4n) is 2.51. The van der Waals surface area contributed by atoms with Crippen molar-refractivity contribution in [1.82, 2.24) is 20.4 Å². The lowest BCUT2D eigenvalue weighted by Gasteiger charge is -2.22. The van der Waals surface area contributed by atoms with Gasteiger partial charge in [-0.3, -0.25) is 19.6 Å². The van der Waals surface area contributed by atoms with E-state index in [0.717, 1.165) is 19.4 Å². The number of hydrogen-bond acceptors (Lipinski definition) is 5. The first kappa shape index (κ1) is 14.0. The molecular weight excluding hydrogens is 274 g/mol. The molecule has 8 nitrogen and oxygen atoms in total. The van der Waals surface area contributed by atoms with Gasteiger partial charge in [0, 0.05) is 19.3 Å².